The van der Waals surface area contributed by atoms with Crippen molar-refractivity contribution in [2.24, 2.45) is 0 Å². The summed E-state index contributed by atoms with van der Waals surface area (Å²) >= 11 is 0. The van der Waals surface area contributed by atoms with Gasteiger partial charge in [0.05, 0.1) is 12.0 Å². The lowest BCUT2D eigenvalue weighted by atomic mass is 9.94. The number of benzene rings is 2. The number of Topliss-reactive ketones (excluding diaryl/α,β-unsaturated/α-hetero) is 3. The summed E-state index contributed by atoms with van der Waals surface area (Å²) in [6.07, 6.45) is -0.163. The summed E-state index contributed by atoms with van der Waals surface area (Å²) in [6.45, 7) is 2.99. The smallest absolute Gasteiger partial charge is 0.170 e. The summed E-state index contributed by atoms with van der Waals surface area (Å²) in [5.74, 6) is 0.349. The van der Waals surface area contributed by atoms with Crippen LogP contribution in [-0.2, 0) is 0 Å². The van der Waals surface area contributed by atoms with Crippen LogP contribution in [0.4, 0.5) is 0 Å². The Hall–Kier alpha value is -2.75. The van der Waals surface area contributed by atoms with Crippen molar-refractivity contribution in [2.75, 3.05) is 0 Å². The van der Waals surface area contributed by atoms with Crippen LogP contribution in [0.15, 0.2) is 42.5 Å². The predicted octanol–water partition coefficient (Wildman–Crippen LogP) is 3.80. The molecule has 0 N–H and O–H groups in total. The minimum absolute atomic E-state index is 0.00589. The molecule has 0 saturated carbocycles. The van der Waals surface area contributed by atoms with Gasteiger partial charge in [0.15, 0.2) is 17.3 Å². The SMILES string of the molecule is CC(=O)c1ccc(C2CC(=O)c3ccc(C(C)=O)cc3O2)cc1. The maximum atomic E-state index is 12.3. The molecule has 0 amide bonds. The van der Waals surface area contributed by atoms with Gasteiger partial charge in [-0.05, 0) is 31.5 Å². The summed E-state index contributed by atoms with van der Waals surface area (Å²) < 4.78 is 5.92. The van der Waals surface area contributed by atoms with Gasteiger partial charge in [-0.15, -0.1) is 0 Å². The van der Waals surface area contributed by atoms with Crippen LogP contribution in [0, 0.1) is 0 Å². The van der Waals surface area contributed by atoms with Crippen molar-refractivity contribution in [3.8, 4) is 5.75 Å². The van der Waals surface area contributed by atoms with Crippen LogP contribution >= 0.6 is 0 Å². The number of carbonyl (C=O) groups is 3. The Morgan fingerprint density at radius 3 is 2.17 bits per heavy atom. The summed E-state index contributed by atoms with van der Waals surface area (Å²) in [6, 6.07) is 12.0. The van der Waals surface area contributed by atoms with Gasteiger partial charge in [-0.25, -0.2) is 0 Å². The van der Waals surface area contributed by atoms with Crippen LogP contribution in [-0.4, -0.2) is 17.3 Å². The van der Waals surface area contributed by atoms with E-state index in [0.717, 1.165) is 5.56 Å². The highest BCUT2D eigenvalue weighted by Crippen LogP contribution is 2.35. The molecule has 1 aliphatic rings. The molecule has 2 aromatic carbocycles. The second kappa shape index (κ2) is 5.80. The molecule has 1 unspecified atom stereocenters. The van der Waals surface area contributed by atoms with E-state index in [0.29, 0.717) is 22.4 Å². The number of ether oxygens (including phenoxy) is 1. The molecule has 0 aromatic heterocycles. The van der Waals surface area contributed by atoms with Crippen molar-refractivity contribution in [3.63, 3.8) is 0 Å². The Kier molecular flexibility index (Phi) is 3.82. The van der Waals surface area contributed by atoms with Gasteiger partial charge in [0.1, 0.15) is 11.9 Å². The highest BCUT2D eigenvalue weighted by atomic mass is 16.5. The Morgan fingerprint density at radius 2 is 1.57 bits per heavy atom. The standard InChI is InChI=1S/C19H16O4/c1-11(20)13-3-5-14(6-4-13)18-10-17(22)16-8-7-15(12(2)21)9-19(16)23-18/h3-9,18H,10H2,1-2H3. The van der Waals surface area contributed by atoms with E-state index < -0.39 is 6.10 Å². The van der Waals surface area contributed by atoms with Gasteiger partial charge in [-0.2, -0.15) is 0 Å². The number of fused-ring (bicyclic) bond motifs is 1. The fourth-order valence-electron chi connectivity index (χ4n) is 2.66. The van der Waals surface area contributed by atoms with Gasteiger partial charge in [-0.3, -0.25) is 14.4 Å². The number of carbonyl (C=O) groups excluding carboxylic acids is 3. The molecule has 1 heterocycles. The van der Waals surface area contributed by atoms with Crippen molar-refractivity contribution in [1.82, 2.24) is 0 Å². The molecule has 116 valence electrons. The maximum absolute atomic E-state index is 12.3. The van der Waals surface area contributed by atoms with Gasteiger partial charge < -0.3 is 4.74 Å². The van der Waals surface area contributed by atoms with Gasteiger partial charge >= 0.3 is 0 Å². The summed E-state index contributed by atoms with van der Waals surface area (Å²) in [4.78, 5) is 35.1. The Bertz CT molecular complexity index is 803. The van der Waals surface area contributed by atoms with E-state index in [4.69, 9.17) is 4.74 Å². The third-order valence-electron chi connectivity index (χ3n) is 4.02. The third-order valence-corrected chi connectivity index (χ3v) is 4.02. The van der Waals surface area contributed by atoms with Crippen molar-refractivity contribution in [2.45, 2.75) is 26.4 Å². The average molecular weight is 308 g/mol. The van der Waals surface area contributed by atoms with E-state index >= 15 is 0 Å². The topological polar surface area (TPSA) is 60.4 Å². The second-order valence-electron chi connectivity index (χ2n) is 5.68. The lowest BCUT2D eigenvalue weighted by Crippen LogP contribution is -2.20. The lowest BCUT2D eigenvalue weighted by molar-refractivity contribution is 0.0846. The lowest BCUT2D eigenvalue weighted by Gasteiger charge is -2.26. The van der Waals surface area contributed by atoms with E-state index in [1.807, 2.05) is 0 Å². The molecule has 2 aromatic rings. The van der Waals surface area contributed by atoms with Gasteiger partial charge in [0, 0.05) is 11.1 Å². The molecule has 0 saturated heterocycles. The number of rotatable bonds is 3. The Labute approximate surface area is 134 Å². The first-order valence-corrected chi connectivity index (χ1v) is 7.41. The van der Waals surface area contributed by atoms with E-state index in [9.17, 15) is 14.4 Å². The quantitative estimate of drug-likeness (QED) is 0.809. The van der Waals surface area contributed by atoms with Crippen LogP contribution in [0.3, 0.4) is 0 Å². The molecular formula is C19H16O4. The molecule has 4 nitrogen and oxygen atoms in total. The summed E-state index contributed by atoms with van der Waals surface area (Å²) in [7, 11) is 0. The van der Waals surface area contributed by atoms with Gasteiger partial charge in [0.25, 0.3) is 0 Å². The molecule has 23 heavy (non-hydrogen) atoms. The van der Waals surface area contributed by atoms with E-state index in [1.54, 1.807) is 42.5 Å². The number of hydrogen-bond donors (Lipinski definition) is 0. The first-order valence-electron chi connectivity index (χ1n) is 7.41. The van der Waals surface area contributed by atoms with E-state index in [1.165, 1.54) is 13.8 Å². The summed E-state index contributed by atoms with van der Waals surface area (Å²) in [5, 5.41) is 0. The Morgan fingerprint density at radius 1 is 0.957 bits per heavy atom. The zero-order chi connectivity index (χ0) is 16.6. The van der Waals surface area contributed by atoms with Crippen molar-refractivity contribution >= 4 is 17.3 Å². The van der Waals surface area contributed by atoms with Crippen LogP contribution in [0.25, 0.3) is 0 Å². The second-order valence-corrected chi connectivity index (χ2v) is 5.68. The molecule has 0 spiro atoms. The van der Waals surface area contributed by atoms with Crippen molar-refractivity contribution < 1.29 is 19.1 Å². The van der Waals surface area contributed by atoms with E-state index in [-0.39, 0.29) is 23.8 Å². The largest absolute Gasteiger partial charge is 0.484 e. The molecule has 0 radical (unpaired) electrons. The third kappa shape index (κ3) is 2.93. The fourth-order valence-corrected chi connectivity index (χ4v) is 2.66. The molecular weight excluding hydrogens is 292 g/mol. The molecule has 1 atom stereocenters. The van der Waals surface area contributed by atoms with Crippen LogP contribution in [0.2, 0.25) is 0 Å². The monoisotopic (exact) mass is 308 g/mol. The highest BCUT2D eigenvalue weighted by molar-refractivity contribution is 6.02. The van der Waals surface area contributed by atoms with Gasteiger partial charge in [0.2, 0.25) is 0 Å². The molecule has 4 heteroatoms. The van der Waals surface area contributed by atoms with Crippen LogP contribution in [0.5, 0.6) is 5.75 Å². The molecule has 1 aliphatic heterocycles. The highest BCUT2D eigenvalue weighted by Gasteiger charge is 2.28. The zero-order valence-corrected chi connectivity index (χ0v) is 13.0. The first-order chi connectivity index (χ1) is 11.0. The molecule has 3 rings (SSSR count). The van der Waals surface area contributed by atoms with E-state index in [2.05, 4.69) is 0 Å². The Balaban J connectivity index is 1.92. The minimum atomic E-state index is -0.404. The zero-order valence-electron chi connectivity index (χ0n) is 13.0. The first kappa shape index (κ1) is 15.2. The van der Waals surface area contributed by atoms with Gasteiger partial charge in [-0.1, -0.05) is 30.3 Å². The number of hydrogen-bond acceptors (Lipinski definition) is 4. The minimum Gasteiger partial charge on any atom is -0.484 e. The van der Waals surface area contributed by atoms with Crippen LogP contribution in [0.1, 0.15) is 63.0 Å². The van der Waals surface area contributed by atoms with Crippen LogP contribution < -0.4 is 4.74 Å². The average Bonchev–Trinajstić information content (AvgIpc) is 2.54. The number of ketones is 3. The predicted molar refractivity (Wildman–Crippen MR) is 85.2 cm³/mol. The summed E-state index contributed by atoms with van der Waals surface area (Å²) in [5.41, 5.74) is 2.48. The van der Waals surface area contributed by atoms with Crippen molar-refractivity contribution in [1.29, 1.82) is 0 Å². The molecule has 0 bridgehead atoms. The van der Waals surface area contributed by atoms with Crippen molar-refractivity contribution in [3.05, 3.63) is 64.7 Å². The fraction of sp³-hybridized carbons (Fsp3) is 0.211. The molecule has 0 fully saturated rings. The maximum Gasteiger partial charge on any atom is 0.170 e. The normalized spacial score (nSPS) is 16.4. The molecule has 0 aliphatic carbocycles.